The highest BCUT2D eigenvalue weighted by Gasteiger charge is 2.43. The van der Waals surface area contributed by atoms with E-state index in [-0.39, 0.29) is 24.8 Å². The number of urea groups is 1. The van der Waals surface area contributed by atoms with E-state index in [1.165, 1.54) is 4.90 Å². The lowest BCUT2D eigenvalue weighted by atomic mass is 9.85. The predicted molar refractivity (Wildman–Crippen MR) is 162 cm³/mol. The van der Waals surface area contributed by atoms with Crippen LogP contribution in [0.15, 0.2) is 72.4 Å². The number of hydrogen-bond acceptors (Lipinski definition) is 6. The molecule has 3 aromatic rings. The first-order valence-corrected chi connectivity index (χ1v) is 13.6. The summed E-state index contributed by atoms with van der Waals surface area (Å²) in [6, 6.07) is 18.6. The number of likely N-dealkylation sites (N-methyl/N-ethyl adjacent to an activating group) is 1. The molecule has 1 aliphatic heterocycles. The standard InChI is InChI=1S/C30H31Cl2N5O4/c1-30(25(38)16-34-29(40)35-19-10-7-9-18(15-19)28(39)37(3)4)27(33-2)26(20-11-5-6-14-24(20)36-30)41-17-21-22(31)12-8-13-23(21)32/h5-15,33,36H,16-17H2,1-4H3,(H2,34,35,40). The molecule has 4 rings (SSSR count). The Bertz CT molecular complexity index is 1500. The van der Waals surface area contributed by atoms with Gasteiger partial charge >= 0.3 is 6.03 Å². The molecule has 0 aromatic heterocycles. The van der Waals surface area contributed by atoms with E-state index in [1.807, 2.05) is 24.3 Å². The molecule has 0 saturated heterocycles. The Hall–Kier alpha value is -4.21. The van der Waals surface area contributed by atoms with E-state index in [4.69, 9.17) is 27.9 Å². The maximum Gasteiger partial charge on any atom is 0.319 e. The van der Waals surface area contributed by atoms with Crippen LogP contribution in [0.4, 0.5) is 16.2 Å². The van der Waals surface area contributed by atoms with E-state index in [1.54, 1.807) is 70.5 Å². The number of rotatable bonds is 9. The molecule has 1 unspecified atom stereocenters. The third-order valence-corrected chi connectivity index (χ3v) is 7.40. The fraction of sp³-hybridized carbons (Fsp3) is 0.233. The Kier molecular flexibility index (Phi) is 9.10. The third-order valence-electron chi connectivity index (χ3n) is 6.70. The molecule has 3 amide bonds. The van der Waals surface area contributed by atoms with Crippen LogP contribution in [0, 0.1) is 0 Å². The van der Waals surface area contributed by atoms with Crippen LogP contribution in [0.3, 0.4) is 0 Å². The Morgan fingerprint density at radius 1 is 0.976 bits per heavy atom. The van der Waals surface area contributed by atoms with Gasteiger partial charge in [-0.05, 0) is 49.4 Å². The molecule has 9 nitrogen and oxygen atoms in total. The lowest BCUT2D eigenvalue weighted by Crippen LogP contribution is -2.54. The summed E-state index contributed by atoms with van der Waals surface area (Å²) in [6.45, 7) is 1.51. The van der Waals surface area contributed by atoms with Crippen molar-refractivity contribution in [2.45, 2.75) is 19.1 Å². The predicted octanol–water partition coefficient (Wildman–Crippen LogP) is 5.38. The largest absolute Gasteiger partial charge is 0.486 e. The maximum atomic E-state index is 13.7. The molecule has 0 spiro atoms. The molecule has 4 N–H and O–H groups in total. The van der Waals surface area contributed by atoms with Crippen LogP contribution in [0.5, 0.6) is 0 Å². The summed E-state index contributed by atoms with van der Waals surface area (Å²) in [5.41, 5.74) is 2.13. The first-order valence-electron chi connectivity index (χ1n) is 12.8. The SMILES string of the molecule is CNC1=C(OCc2c(Cl)cccc2Cl)c2ccccc2NC1(C)C(=O)CNC(=O)Nc1cccc(C(=O)N(C)C)c1. The number of benzene rings is 3. The normalized spacial score (nSPS) is 15.8. The number of carbonyl (C=O) groups excluding carboxylic acids is 3. The number of ketones is 1. The van der Waals surface area contributed by atoms with E-state index in [2.05, 4.69) is 21.3 Å². The Morgan fingerprint density at radius 2 is 1.66 bits per heavy atom. The van der Waals surface area contributed by atoms with Gasteiger partial charge in [0, 0.05) is 59.3 Å². The smallest absolute Gasteiger partial charge is 0.319 e. The fourth-order valence-corrected chi connectivity index (χ4v) is 5.03. The molecule has 0 aliphatic carbocycles. The lowest BCUT2D eigenvalue weighted by molar-refractivity contribution is -0.121. The van der Waals surface area contributed by atoms with E-state index in [0.29, 0.717) is 44.0 Å². The first-order chi connectivity index (χ1) is 19.5. The van der Waals surface area contributed by atoms with Gasteiger partial charge < -0.3 is 30.9 Å². The number of anilines is 2. The quantitative estimate of drug-likeness (QED) is 0.264. The zero-order chi connectivity index (χ0) is 29.7. The topological polar surface area (TPSA) is 112 Å². The van der Waals surface area contributed by atoms with Gasteiger partial charge in [-0.2, -0.15) is 0 Å². The number of para-hydroxylation sites is 1. The van der Waals surface area contributed by atoms with Crippen LogP contribution in [-0.4, -0.2) is 55.8 Å². The van der Waals surface area contributed by atoms with Crippen LogP contribution in [0.1, 0.15) is 28.4 Å². The van der Waals surface area contributed by atoms with Crippen LogP contribution < -0.4 is 21.3 Å². The summed E-state index contributed by atoms with van der Waals surface area (Å²) < 4.78 is 6.28. The summed E-state index contributed by atoms with van der Waals surface area (Å²) >= 11 is 12.7. The van der Waals surface area contributed by atoms with Gasteiger partial charge in [-0.3, -0.25) is 9.59 Å². The maximum absolute atomic E-state index is 13.7. The Labute approximate surface area is 248 Å². The number of halogens is 2. The number of ether oxygens (including phenoxy) is 1. The molecular formula is C30H31Cl2N5O4. The zero-order valence-corrected chi connectivity index (χ0v) is 24.6. The molecule has 0 radical (unpaired) electrons. The summed E-state index contributed by atoms with van der Waals surface area (Å²) in [7, 11) is 5.00. The molecule has 0 saturated carbocycles. The van der Waals surface area contributed by atoms with E-state index in [0.717, 1.165) is 5.56 Å². The van der Waals surface area contributed by atoms with E-state index in [9.17, 15) is 14.4 Å². The zero-order valence-electron chi connectivity index (χ0n) is 23.1. The van der Waals surface area contributed by atoms with Crippen molar-refractivity contribution in [3.63, 3.8) is 0 Å². The number of Topliss-reactive ketones (excluding diaryl/α,β-unsaturated/α-hetero) is 1. The second-order valence-electron chi connectivity index (χ2n) is 9.75. The fourth-order valence-electron chi connectivity index (χ4n) is 4.52. The minimum atomic E-state index is -1.27. The second-order valence-corrected chi connectivity index (χ2v) is 10.6. The Balaban J connectivity index is 1.54. The number of nitrogens with zero attached hydrogens (tertiary/aromatic N) is 1. The molecule has 1 heterocycles. The molecule has 3 aromatic carbocycles. The number of hydrogen-bond donors (Lipinski definition) is 4. The molecule has 0 fully saturated rings. The van der Waals surface area contributed by atoms with Gasteiger partial charge in [0.25, 0.3) is 5.91 Å². The van der Waals surface area contributed by atoms with Gasteiger partial charge in [-0.15, -0.1) is 0 Å². The highest BCUT2D eigenvalue weighted by Crippen LogP contribution is 2.40. The van der Waals surface area contributed by atoms with Gasteiger partial charge in [-0.25, -0.2) is 4.79 Å². The van der Waals surface area contributed by atoms with Gasteiger partial charge in [0.1, 0.15) is 12.1 Å². The highest BCUT2D eigenvalue weighted by molar-refractivity contribution is 6.36. The Morgan fingerprint density at radius 3 is 2.34 bits per heavy atom. The number of fused-ring (bicyclic) bond motifs is 1. The van der Waals surface area contributed by atoms with Crippen LogP contribution >= 0.6 is 23.2 Å². The molecule has 0 bridgehead atoms. The first kappa shape index (κ1) is 29.8. The van der Waals surface area contributed by atoms with Crippen molar-refractivity contribution in [3.8, 4) is 0 Å². The van der Waals surface area contributed by atoms with Crippen LogP contribution in [0.25, 0.3) is 5.76 Å². The average Bonchev–Trinajstić information content (AvgIpc) is 2.95. The molecule has 214 valence electrons. The second kappa shape index (κ2) is 12.5. The highest BCUT2D eigenvalue weighted by atomic mass is 35.5. The molecule has 1 aliphatic rings. The lowest BCUT2D eigenvalue weighted by Gasteiger charge is -2.39. The van der Waals surface area contributed by atoms with Crippen molar-refractivity contribution in [1.29, 1.82) is 0 Å². The molecular weight excluding hydrogens is 565 g/mol. The van der Waals surface area contributed by atoms with Gasteiger partial charge in [0.15, 0.2) is 11.5 Å². The number of amides is 3. The van der Waals surface area contributed by atoms with Gasteiger partial charge in [0.2, 0.25) is 0 Å². The average molecular weight is 597 g/mol. The molecule has 1 atom stereocenters. The van der Waals surface area contributed by atoms with Gasteiger partial charge in [-0.1, -0.05) is 47.5 Å². The summed E-state index contributed by atoms with van der Waals surface area (Å²) in [5, 5.41) is 12.7. The third kappa shape index (κ3) is 6.42. The van der Waals surface area contributed by atoms with Gasteiger partial charge in [0.05, 0.1) is 12.2 Å². The summed E-state index contributed by atoms with van der Waals surface area (Å²) in [6.07, 6.45) is 0. The summed E-state index contributed by atoms with van der Waals surface area (Å²) in [4.78, 5) is 40.1. The van der Waals surface area contributed by atoms with Crippen molar-refractivity contribution in [2.75, 3.05) is 38.3 Å². The molecule has 41 heavy (non-hydrogen) atoms. The van der Waals surface area contributed by atoms with Crippen molar-refractivity contribution in [1.82, 2.24) is 15.5 Å². The minimum Gasteiger partial charge on any atom is -0.486 e. The number of nitrogens with one attached hydrogen (secondary N) is 4. The van der Waals surface area contributed by atoms with E-state index >= 15 is 0 Å². The van der Waals surface area contributed by atoms with Crippen molar-refractivity contribution >= 4 is 58.1 Å². The molecule has 11 heteroatoms. The number of carbonyl (C=O) groups is 3. The van der Waals surface area contributed by atoms with Crippen LogP contribution in [-0.2, 0) is 16.1 Å². The monoisotopic (exact) mass is 595 g/mol. The summed E-state index contributed by atoms with van der Waals surface area (Å²) in [5.74, 6) is -0.0533. The van der Waals surface area contributed by atoms with Crippen LogP contribution in [0.2, 0.25) is 10.0 Å². The van der Waals surface area contributed by atoms with Crippen molar-refractivity contribution < 1.29 is 19.1 Å². The van der Waals surface area contributed by atoms with E-state index < -0.39 is 11.6 Å². The van der Waals surface area contributed by atoms with Crippen molar-refractivity contribution in [3.05, 3.63) is 99.2 Å². The minimum absolute atomic E-state index is 0.0771. The van der Waals surface area contributed by atoms with Crippen molar-refractivity contribution in [2.24, 2.45) is 0 Å².